The van der Waals surface area contributed by atoms with Crippen molar-refractivity contribution in [3.63, 3.8) is 0 Å². The van der Waals surface area contributed by atoms with Gasteiger partial charge in [-0.2, -0.15) is 0 Å². The van der Waals surface area contributed by atoms with Crippen molar-refractivity contribution in [2.24, 2.45) is 11.8 Å². The highest BCUT2D eigenvalue weighted by Gasteiger charge is 2.29. The van der Waals surface area contributed by atoms with Crippen molar-refractivity contribution in [1.82, 2.24) is 15.1 Å². The molecule has 0 bridgehead atoms. The van der Waals surface area contributed by atoms with E-state index in [1.807, 2.05) is 48.8 Å². The van der Waals surface area contributed by atoms with Crippen LogP contribution >= 0.6 is 0 Å². The standard InChI is InChI=1S/C24H39N3O4/c1-7-26(8-2)24(29)27-13-11-19(12-14-27)23(28)25-18(5)20-9-10-21(22(15-20)30-6)31-16-17(3)4/h9-10,15,17-19H,7-8,11-14,16H2,1-6H3,(H,25,28). The number of hydrogen-bond acceptors (Lipinski definition) is 4. The molecule has 1 unspecified atom stereocenters. The quantitative estimate of drug-likeness (QED) is 0.637. The Labute approximate surface area is 187 Å². The van der Waals surface area contributed by atoms with E-state index in [0.717, 1.165) is 5.56 Å². The lowest BCUT2D eigenvalue weighted by Crippen LogP contribution is -2.48. The van der Waals surface area contributed by atoms with Crippen molar-refractivity contribution in [3.05, 3.63) is 23.8 Å². The molecule has 0 aromatic heterocycles. The van der Waals surface area contributed by atoms with Gasteiger partial charge >= 0.3 is 6.03 Å². The topological polar surface area (TPSA) is 71.1 Å². The van der Waals surface area contributed by atoms with Crippen molar-refractivity contribution in [2.45, 2.75) is 53.5 Å². The van der Waals surface area contributed by atoms with Gasteiger partial charge in [0.1, 0.15) is 0 Å². The average molecular weight is 434 g/mol. The number of urea groups is 1. The van der Waals surface area contributed by atoms with E-state index in [-0.39, 0.29) is 23.9 Å². The van der Waals surface area contributed by atoms with Gasteiger partial charge in [-0.1, -0.05) is 19.9 Å². The third kappa shape index (κ3) is 6.77. The smallest absolute Gasteiger partial charge is 0.319 e. The van der Waals surface area contributed by atoms with E-state index < -0.39 is 0 Å². The Balaban J connectivity index is 1.92. The predicted octanol–water partition coefficient (Wildman–Crippen LogP) is 4.08. The van der Waals surface area contributed by atoms with Gasteiger partial charge in [-0.15, -0.1) is 0 Å². The van der Waals surface area contributed by atoms with Gasteiger partial charge in [0.15, 0.2) is 11.5 Å². The highest BCUT2D eigenvalue weighted by Crippen LogP contribution is 2.31. The molecule has 0 aliphatic carbocycles. The number of likely N-dealkylation sites (tertiary alicyclic amines) is 1. The Morgan fingerprint density at radius 1 is 1.13 bits per heavy atom. The van der Waals surface area contributed by atoms with Gasteiger partial charge in [0.05, 0.1) is 19.8 Å². The van der Waals surface area contributed by atoms with Crippen molar-refractivity contribution in [1.29, 1.82) is 0 Å². The lowest BCUT2D eigenvalue weighted by Gasteiger charge is -2.35. The van der Waals surface area contributed by atoms with Gasteiger partial charge in [0.25, 0.3) is 0 Å². The van der Waals surface area contributed by atoms with Crippen LogP contribution in [0.1, 0.15) is 59.1 Å². The maximum absolute atomic E-state index is 12.8. The zero-order chi connectivity index (χ0) is 23.0. The van der Waals surface area contributed by atoms with Crippen LogP contribution in [0.5, 0.6) is 11.5 Å². The largest absolute Gasteiger partial charge is 0.493 e. The predicted molar refractivity (Wildman–Crippen MR) is 122 cm³/mol. The molecule has 0 spiro atoms. The first-order valence-corrected chi connectivity index (χ1v) is 11.5. The molecule has 3 amide bonds. The van der Waals surface area contributed by atoms with E-state index in [0.29, 0.717) is 63.0 Å². The number of ether oxygens (including phenoxy) is 2. The first-order valence-electron chi connectivity index (χ1n) is 11.5. The molecule has 1 aliphatic rings. The van der Waals surface area contributed by atoms with E-state index in [9.17, 15) is 9.59 Å². The maximum atomic E-state index is 12.8. The van der Waals surface area contributed by atoms with Crippen LogP contribution in [0.15, 0.2) is 18.2 Å². The normalized spacial score (nSPS) is 15.5. The van der Waals surface area contributed by atoms with Gasteiger partial charge < -0.3 is 24.6 Å². The minimum Gasteiger partial charge on any atom is -0.493 e. The van der Waals surface area contributed by atoms with Crippen LogP contribution in [0.3, 0.4) is 0 Å². The Kier molecular flexibility index (Phi) is 9.46. The number of nitrogens with one attached hydrogen (secondary N) is 1. The maximum Gasteiger partial charge on any atom is 0.319 e. The first kappa shape index (κ1) is 24.8. The van der Waals surface area contributed by atoms with E-state index in [1.165, 1.54) is 0 Å². The van der Waals surface area contributed by atoms with Gasteiger partial charge in [0.2, 0.25) is 5.91 Å². The number of benzene rings is 1. The Bertz CT molecular complexity index is 726. The summed E-state index contributed by atoms with van der Waals surface area (Å²) in [5, 5.41) is 3.13. The minimum absolute atomic E-state index is 0.0431. The fourth-order valence-corrected chi connectivity index (χ4v) is 3.77. The van der Waals surface area contributed by atoms with Crippen LogP contribution in [0.25, 0.3) is 0 Å². The molecule has 1 fully saturated rings. The second-order valence-electron chi connectivity index (χ2n) is 8.56. The van der Waals surface area contributed by atoms with E-state index in [1.54, 1.807) is 7.11 Å². The lowest BCUT2D eigenvalue weighted by atomic mass is 9.95. The Morgan fingerprint density at radius 2 is 1.77 bits per heavy atom. The summed E-state index contributed by atoms with van der Waals surface area (Å²) in [6, 6.07) is 5.72. The summed E-state index contributed by atoms with van der Waals surface area (Å²) in [7, 11) is 1.62. The number of nitrogens with zero attached hydrogens (tertiary/aromatic N) is 2. The molecule has 7 heteroatoms. The molecule has 1 aromatic rings. The SMILES string of the molecule is CCN(CC)C(=O)N1CCC(C(=O)NC(C)c2ccc(OCC(C)C)c(OC)c2)CC1. The third-order valence-corrected chi connectivity index (χ3v) is 5.79. The van der Waals surface area contributed by atoms with Crippen LogP contribution in [0.2, 0.25) is 0 Å². The zero-order valence-electron chi connectivity index (χ0n) is 19.9. The number of carbonyl (C=O) groups excluding carboxylic acids is 2. The number of rotatable bonds is 9. The van der Waals surface area contributed by atoms with E-state index in [4.69, 9.17) is 9.47 Å². The molecule has 174 valence electrons. The number of piperidine rings is 1. The lowest BCUT2D eigenvalue weighted by molar-refractivity contribution is -0.127. The highest BCUT2D eigenvalue weighted by molar-refractivity contribution is 5.80. The first-order chi connectivity index (χ1) is 14.8. The summed E-state index contributed by atoms with van der Waals surface area (Å²) in [4.78, 5) is 29.0. The minimum atomic E-state index is -0.143. The molecule has 0 radical (unpaired) electrons. The molecule has 31 heavy (non-hydrogen) atoms. The van der Waals surface area contributed by atoms with Crippen molar-refractivity contribution < 1.29 is 19.1 Å². The van der Waals surface area contributed by atoms with Crippen molar-refractivity contribution >= 4 is 11.9 Å². The van der Waals surface area contributed by atoms with Crippen LogP contribution in [0, 0.1) is 11.8 Å². The summed E-state index contributed by atoms with van der Waals surface area (Å²) in [5.74, 6) is 1.78. The molecule has 1 heterocycles. The number of methoxy groups -OCH3 is 1. The highest BCUT2D eigenvalue weighted by atomic mass is 16.5. The second kappa shape index (κ2) is 11.8. The Morgan fingerprint density at radius 3 is 2.32 bits per heavy atom. The summed E-state index contributed by atoms with van der Waals surface area (Å²) >= 11 is 0. The monoisotopic (exact) mass is 433 g/mol. The fourth-order valence-electron chi connectivity index (χ4n) is 3.77. The van der Waals surface area contributed by atoms with E-state index >= 15 is 0 Å². The molecule has 1 atom stereocenters. The summed E-state index contributed by atoms with van der Waals surface area (Å²) < 4.78 is 11.3. The van der Waals surface area contributed by atoms with E-state index in [2.05, 4.69) is 19.2 Å². The summed E-state index contributed by atoms with van der Waals surface area (Å²) in [5.41, 5.74) is 0.969. The molecule has 7 nitrogen and oxygen atoms in total. The molecule has 1 aromatic carbocycles. The summed E-state index contributed by atoms with van der Waals surface area (Å²) in [6.45, 7) is 13.4. The van der Waals surface area contributed by atoms with Gasteiger partial charge in [-0.05, 0) is 57.2 Å². The molecule has 0 saturated carbocycles. The second-order valence-corrected chi connectivity index (χ2v) is 8.56. The van der Waals surface area contributed by atoms with Crippen molar-refractivity contribution in [2.75, 3.05) is 39.9 Å². The molecular formula is C24H39N3O4. The summed E-state index contributed by atoms with van der Waals surface area (Å²) in [6.07, 6.45) is 1.38. The van der Waals surface area contributed by atoms with Crippen LogP contribution in [-0.2, 0) is 4.79 Å². The number of carbonyl (C=O) groups is 2. The Hall–Kier alpha value is -2.44. The van der Waals surface area contributed by atoms with Crippen LogP contribution in [0.4, 0.5) is 4.79 Å². The number of hydrogen-bond donors (Lipinski definition) is 1. The van der Waals surface area contributed by atoms with Crippen molar-refractivity contribution in [3.8, 4) is 11.5 Å². The molecular weight excluding hydrogens is 394 g/mol. The van der Waals surface area contributed by atoms with Gasteiger partial charge in [-0.3, -0.25) is 4.79 Å². The number of amides is 3. The molecule has 1 saturated heterocycles. The third-order valence-electron chi connectivity index (χ3n) is 5.79. The van der Waals surface area contributed by atoms with Crippen LogP contribution < -0.4 is 14.8 Å². The van der Waals surface area contributed by atoms with Gasteiger partial charge in [-0.25, -0.2) is 4.79 Å². The van der Waals surface area contributed by atoms with Gasteiger partial charge in [0, 0.05) is 32.1 Å². The fraction of sp³-hybridized carbons (Fsp3) is 0.667. The average Bonchev–Trinajstić information content (AvgIpc) is 2.78. The zero-order valence-corrected chi connectivity index (χ0v) is 19.9. The molecule has 1 N–H and O–H groups in total. The van der Waals surface area contributed by atoms with Crippen LogP contribution in [-0.4, -0.2) is 61.6 Å². The molecule has 2 rings (SSSR count). The molecule has 1 aliphatic heterocycles.